The van der Waals surface area contributed by atoms with Gasteiger partial charge in [0.2, 0.25) is 0 Å². The standard InChI is InChI=1S/C18H22N6O/c1-2-19-18(21-13-17-8-11-25-23-17)20-12-15-6-3-4-7-16(15)14-24-10-5-9-22-24/h3-11H,2,12-14H2,1H3,(H2,19,20,21). The smallest absolute Gasteiger partial charge is 0.191 e. The second-order valence-corrected chi connectivity index (χ2v) is 5.51. The zero-order valence-corrected chi connectivity index (χ0v) is 14.2. The van der Waals surface area contributed by atoms with E-state index in [-0.39, 0.29) is 0 Å². The summed E-state index contributed by atoms with van der Waals surface area (Å²) in [6, 6.07) is 12.0. The molecule has 0 saturated carbocycles. The summed E-state index contributed by atoms with van der Waals surface area (Å²) in [5, 5.41) is 14.7. The highest BCUT2D eigenvalue weighted by Gasteiger charge is 2.04. The lowest BCUT2D eigenvalue weighted by molar-refractivity contribution is 0.410. The predicted molar refractivity (Wildman–Crippen MR) is 95.9 cm³/mol. The summed E-state index contributed by atoms with van der Waals surface area (Å²) in [6.07, 6.45) is 5.31. The highest BCUT2D eigenvalue weighted by Crippen LogP contribution is 2.11. The summed E-state index contributed by atoms with van der Waals surface area (Å²) in [6.45, 7) is 4.73. The van der Waals surface area contributed by atoms with Crippen molar-refractivity contribution in [2.75, 3.05) is 6.54 Å². The normalized spacial score (nSPS) is 11.5. The molecule has 0 aliphatic heterocycles. The molecule has 25 heavy (non-hydrogen) atoms. The molecular formula is C18H22N6O. The highest BCUT2D eigenvalue weighted by atomic mass is 16.5. The van der Waals surface area contributed by atoms with Gasteiger partial charge in [0.1, 0.15) is 12.0 Å². The number of nitrogens with one attached hydrogen (secondary N) is 2. The molecule has 2 heterocycles. The van der Waals surface area contributed by atoms with Crippen molar-refractivity contribution in [1.82, 2.24) is 25.6 Å². The Hall–Kier alpha value is -3.09. The second-order valence-electron chi connectivity index (χ2n) is 5.51. The zero-order valence-electron chi connectivity index (χ0n) is 14.2. The van der Waals surface area contributed by atoms with Gasteiger partial charge < -0.3 is 15.2 Å². The van der Waals surface area contributed by atoms with Gasteiger partial charge in [0.25, 0.3) is 0 Å². The van der Waals surface area contributed by atoms with Gasteiger partial charge in [0.15, 0.2) is 5.96 Å². The van der Waals surface area contributed by atoms with Gasteiger partial charge in [-0.2, -0.15) is 5.10 Å². The summed E-state index contributed by atoms with van der Waals surface area (Å²) >= 11 is 0. The fourth-order valence-corrected chi connectivity index (χ4v) is 2.44. The largest absolute Gasteiger partial charge is 0.364 e. The molecule has 0 aliphatic carbocycles. The first-order valence-corrected chi connectivity index (χ1v) is 8.31. The van der Waals surface area contributed by atoms with E-state index in [9.17, 15) is 0 Å². The van der Waals surface area contributed by atoms with Crippen LogP contribution in [0.2, 0.25) is 0 Å². The van der Waals surface area contributed by atoms with Gasteiger partial charge in [-0.15, -0.1) is 0 Å². The second kappa shape index (κ2) is 8.68. The molecule has 0 amide bonds. The van der Waals surface area contributed by atoms with E-state index in [1.165, 1.54) is 11.1 Å². The van der Waals surface area contributed by atoms with Crippen molar-refractivity contribution in [3.8, 4) is 0 Å². The van der Waals surface area contributed by atoms with Gasteiger partial charge in [0, 0.05) is 25.0 Å². The van der Waals surface area contributed by atoms with Crippen LogP contribution in [0.25, 0.3) is 0 Å². The third-order valence-corrected chi connectivity index (χ3v) is 3.69. The molecule has 3 aromatic rings. The maximum atomic E-state index is 4.84. The Kier molecular flexibility index (Phi) is 5.82. The van der Waals surface area contributed by atoms with Crippen molar-refractivity contribution in [1.29, 1.82) is 0 Å². The van der Waals surface area contributed by atoms with Crippen molar-refractivity contribution < 1.29 is 4.52 Å². The minimum Gasteiger partial charge on any atom is -0.364 e. The first-order chi connectivity index (χ1) is 12.3. The summed E-state index contributed by atoms with van der Waals surface area (Å²) in [7, 11) is 0. The Bertz CT molecular complexity index is 780. The Labute approximate surface area is 146 Å². The Morgan fingerprint density at radius 3 is 2.76 bits per heavy atom. The molecule has 0 bridgehead atoms. The van der Waals surface area contributed by atoms with Crippen LogP contribution in [0.3, 0.4) is 0 Å². The lowest BCUT2D eigenvalue weighted by Crippen LogP contribution is -2.36. The molecule has 0 fully saturated rings. The summed E-state index contributed by atoms with van der Waals surface area (Å²) in [4.78, 5) is 4.68. The van der Waals surface area contributed by atoms with E-state index in [0.29, 0.717) is 13.1 Å². The molecule has 0 spiro atoms. The van der Waals surface area contributed by atoms with Crippen LogP contribution in [-0.4, -0.2) is 27.4 Å². The molecule has 2 aromatic heterocycles. The molecule has 3 rings (SSSR count). The van der Waals surface area contributed by atoms with Gasteiger partial charge in [0.05, 0.1) is 19.6 Å². The molecule has 130 valence electrons. The van der Waals surface area contributed by atoms with E-state index in [4.69, 9.17) is 4.52 Å². The van der Waals surface area contributed by atoms with Crippen LogP contribution in [-0.2, 0) is 19.6 Å². The predicted octanol–water partition coefficient (Wildman–Crippen LogP) is 2.17. The van der Waals surface area contributed by atoms with Crippen molar-refractivity contribution in [2.24, 2.45) is 4.99 Å². The number of hydrogen-bond acceptors (Lipinski definition) is 4. The van der Waals surface area contributed by atoms with Crippen LogP contribution in [0.15, 0.2) is 64.6 Å². The number of hydrogen-bond donors (Lipinski definition) is 2. The van der Waals surface area contributed by atoms with E-state index < -0.39 is 0 Å². The van der Waals surface area contributed by atoms with Crippen molar-refractivity contribution >= 4 is 5.96 Å². The van der Waals surface area contributed by atoms with Crippen LogP contribution in [0.1, 0.15) is 23.7 Å². The Balaban J connectivity index is 1.67. The average molecular weight is 338 g/mol. The molecule has 0 unspecified atom stereocenters. The van der Waals surface area contributed by atoms with Crippen LogP contribution in [0, 0.1) is 0 Å². The Morgan fingerprint density at radius 2 is 2.04 bits per heavy atom. The van der Waals surface area contributed by atoms with Crippen LogP contribution in [0.4, 0.5) is 0 Å². The molecule has 7 nitrogen and oxygen atoms in total. The highest BCUT2D eigenvalue weighted by molar-refractivity contribution is 5.79. The fraction of sp³-hybridized carbons (Fsp3) is 0.278. The van der Waals surface area contributed by atoms with E-state index in [1.807, 2.05) is 42.1 Å². The molecular weight excluding hydrogens is 316 g/mol. The topological polar surface area (TPSA) is 80.3 Å². The van der Waals surface area contributed by atoms with Gasteiger partial charge >= 0.3 is 0 Å². The lowest BCUT2D eigenvalue weighted by atomic mass is 10.1. The van der Waals surface area contributed by atoms with E-state index >= 15 is 0 Å². The summed E-state index contributed by atoms with van der Waals surface area (Å²) in [5.74, 6) is 0.749. The summed E-state index contributed by atoms with van der Waals surface area (Å²) in [5.41, 5.74) is 3.23. The van der Waals surface area contributed by atoms with Gasteiger partial charge in [-0.25, -0.2) is 4.99 Å². The third kappa shape index (κ3) is 4.94. The van der Waals surface area contributed by atoms with Crippen molar-refractivity contribution in [3.63, 3.8) is 0 Å². The molecule has 0 saturated heterocycles. The van der Waals surface area contributed by atoms with Crippen molar-refractivity contribution in [3.05, 3.63) is 71.9 Å². The maximum Gasteiger partial charge on any atom is 0.191 e. The number of guanidine groups is 1. The zero-order chi connectivity index (χ0) is 17.3. The minimum absolute atomic E-state index is 0.567. The van der Waals surface area contributed by atoms with Crippen molar-refractivity contribution in [2.45, 2.75) is 26.6 Å². The SMILES string of the molecule is CCNC(=NCc1ccccc1Cn1cccn1)NCc1ccon1. The molecule has 0 radical (unpaired) electrons. The summed E-state index contributed by atoms with van der Waals surface area (Å²) < 4.78 is 6.76. The van der Waals surface area contributed by atoms with Crippen LogP contribution in [0.5, 0.6) is 0 Å². The van der Waals surface area contributed by atoms with Crippen LogP contribution < -0.4 is 10.6 Å². The first-order valence-electron chi connectivity index (χ1n) is 8.31. The maximum absolute atomic E-state index is 4.84. The average Bonchev–Trinajstić information content (AvgIpc) is 3.32. The number of rotatable bonds is 7. The van der Waals surface area contributed by atoms with Gasteiger partial charge in [-0.1, -0.05) is 29.4 Å². The molecule has 0 aliphatic rings. The molecule has 1 aromatic carbocycles. The van der Waals surface area contributed by atoms with Gasteiger partial charge in [-0.05, 0) is 24.1 Å². The van der Waals surface area contributed by atoms with E-state index in [1.54, 1.807) is 12.5 Å². The van der Waals surface area contributed by atoms with Crippen LogP contribution >= 0.6 is 0 Å². The minimum atomic E-state index is 0.567. The first kappa shape index (κ1) is 16.8. The number of benzene rings is 1. The van der Waals surface area contributed by atoms with Gasteiger partial charge in [-0.3, -0.25) is 4.68 Å². The number of nitrogens with zero attached hydrogens (tertiary/aromatic N) is 4. The van der Waals surface area contributed by atoms with E-state index in [2.05, 4.69) is 38.0 Å². The molecule has 2 N–H and O–H groups in total. The Morgan fingerprint density at radius 1 is 1.16 bits per heavy atom. The lowest BCUT2D eigenvalue weighted by Gasteiger charge is -2.12. The monoisotopic (exact) mass is 338 g/mol. The number of aliphatic imine (C=N–C) groups is 1. The number of aromatic nitrogens is 3. The quantitative estimate of drug-likeness (QED) is 0.510. The fourth-order valence-electron chi connectivity index (χ4n) is 2.44. The third-order valence-electron chi connectivity index (χ3n) is 3.69. The molecule has 7 heteroatoms. The van der Waals surface area contributed by atoms with E-state index in [0.717, 1.165) is 24.7 Å². The molecule has 0 atom stereocenters.